The standard InChI is InChI=1S/C41H67NO6/c1-9-31-35-25-30(48-26-46-24-23-45-8)18-20-41(35,7)34-19-21-40(6)32(16-17-33(40)36(34)37(31)43)27(2)11-10-22-47-38(44)42-29-14-12-28(13-15-29)39(3,4)5/h12-15,27,30-37,43H,9-11,16-26H2,1-8H3,(H,42,44)/t27-,30-,31-,32-,33+,34+,35+,36?,37-,40-,41?/m1/s1. The number of carbonyl (C=O) groups excluding carboxylic acids is 1. The van der Waals surface area contributed by atoms with E-state index in [2.05, 4.69) is 65.9 Å². The first kappa shape index (κ1) is 37.6. The van der Waals surface area contributed by atoms with E-state index < -0.39 is 0 Å². The average molecular weight is 670 g/mol. The van der Waals surface area contributed by atoms with Crippen molar-refractivity contribution in [1.29, 1.82) is 0 Å². The van der Waals surface area contributed by atoms with Crippen LogP contribution in [0.25, 0.3) is 0 Å². The Hall–Kier alpha value is -1.67. The number of methoxy groups -OCH3 is 1. The molecule has 1 aromatic rings. The van der Waals surface area contributed by atoms with Gasteiger partial charge < -0.3 is 24.1 Å². The van der Waals surface area contributed by atoms with Gasteiger partial charge >= 0.3 is 6.09 Å². The third-order valence-corrected chi connectivity index (χ3v) is 14.0. The minimum absolute atomic E-state index is 0.0800. The van der Waals surface area contributed by atoms with E-state index in [0.29, 0.717) is 68.0 Å². The van der Waals surface area contributed by atoms with Crippen LogP contribution in [0, 0.1) is 52.3 Å². The van der Waals surface area contributed by atoms with E-state index in [4.69, 9.17) is 18.9 Å². The van der Waals surface area contributed by atoms with Crippen molar-refractivity contribution in [2.45, 2.75) is 130 Å². The quantitative estimate of drug-likeness (QED) is 0.161. The molecule has 0 heterocycles. The number of fused-ring (bicyclic) bond motifs is 5. The van der Waals surface area contributed by atoms with Crippen LogP contribution in [0.1, 0.15) is 118 Å². The van der Waals surface area contributed by atoms with Crippen molar-refractivity contribution < 1.29 is 28.8 Å². The van der Waals surface area contributed by atoms with Gasteiger partial charge in [0.25, 0.3) is 0 Å². The molecule has 2 N–H and O–H groups in total. The number of aliphatic hydroxyl groups is 1. The molecule has 0 aromatic heterocycles. The summed E-state index contributed by atoms with van der Waals surface area (Å²) in [7, 11) is 1.69. The summed E-state index contributed by atoms with van der Waals surface area (Å²) in [6.07, 6.45) is 10.9. The molecule has 48 heavy (non-hydrogen) atoms. The average Bonchev–Trinajstić information content (AvgIpc) is 3.40. The molecule has 0 spiro atoms. The van der Waals surface area contributed by atoms with Gasteiger partial charge in [-0.05, 0) is 133 Å². The van der Waals surface area contributed by atoms with Gasteiger partial charge in [-0.3, -0.25) is 5.32 Å². The number of nitrogens with one attached hydrogen (secondary N) is 1. The van der Waals surface area contributed by atoms with Crippen LogP contribution in [0.4, 0.5) is 10.5 Å². The van der Waals surface area contributed by atoms with Gasteiger partial charge in [-0.15, -0.1) is 0 Å². The highest BCUT2D eigenvalue weighted by Crippen LogP contribution is 2.69. The Balaban J connectivity index is 1.14. The van der Waals surface area contributed by atoms with Gasteiger partial charge in [0.15, 0.2) is 0 Å². The number of hydrogen-bond acceptors (Lipinski definition) is 6. The highest BCUT2D eigenvalue weighted by molar-refractivity contribution is 5.84. The summed E-state index contributed by atoms with van der Waals surface area (Å²) in [6.45, 7) is 18.3. The van der Waals surface area contributed by atoms with Crippen molar-refractivity contribution in [2.75, 3.05) is 39.0 Å². The van der Waals surface area contributed by atoms with Crippen molar-refractivity contribution >= 4 is 11.8 Å². The Labute approximate surface area is 291 Å². The number of rotatable bonds is 13. The lowest BCUT2D eigenvalue weighted by molar-refractivity contribution is -0.213. The zero-order chi connectivity index (χ0) is 34.7. The van der Waals surface area contributed by atoms with E-state index >= 15 is 0 Å². The van der Waals surface area contributed by atoms with Gasteiger partial charge in [-0.25, -0.2) is 4.79 Å². The fraction of sp³-hybridized carbons (Fsp3) is 0.829. The number of hydrogen-bond donors (Lipinski definition) is 2. The smallest absolute Gasteiger partial charge is 0.411 e. The molecule has 0 aliphatic heterocycles. The van der Waals surface area contributed by atoms with Gasteiger partial charge in [-0.2, -0.15) is 0 Å². The first-order chi connectivity index (χ1) is 22.8. The number of amides is 1. The molecule has 0 radical (unpaired) electrons. The van der Waals surface area contributed by atoms with Crippen molar-refractivity contribution in [2.24, 2.45) is 52.3 Å². The van der Waals surface area contributed by atoms with Gasteiger partial charge in [0.05, 0.1) is 32.0 Å². The molecule has 4 fully saturated rings. The van der Waals surface area contributed by atoms with Crippen LogP contribution in [-0.2, 0) is 24.4 Å². The number of aliphatic hydroxyl groups excluding tert-OH is 1. The van der Waals surface area contributed by atoms with E-state index in [0.717, 1.165) is 37.8 Å². The highest BCUT2D eigenvalue weighted by atomic mass is 16.7. The molecule has 4 aliphatic carbocycles. The van der Waals surface area contributed by atoms with Gasteiger partial charge in [-0.1, -0.05) is 67.0 Å². The van der Waals surface area contributed by atoms with Gasteiger partial charge in [0.2, 0.25) is 0 Å². The summed E-state index contributed by atoms with van der Waals surface area (Å²) in [5.41, 5.74) is 2.61. The molecular formula is C41H67NO6. The third kappa shape index (κ3) is 7.80. The molecule has 7 nitrogen and oxygen atoms in total. The summed E-state index contributed by atoms with van der Waals surface area (Å²) >= 11 is 0. The Kier molecular flexibility index (Phi) is 12.3. The molecule has 2 unspecified atom stereocenters. The Morgan fingerprint density at radius 2 is 1.69 bits per heavy atom. The Bertz CT molecular complexity index is 1180. The monoisotopic (exact) mass is 669 g/mol. The largest absolute Gasteiger partial charge is 0.449 e. The van der Waals surface area contributed by atoms with Crippen molar-refractivity contribution in [3.63, 3.8) is 0 Å². The SMILES string of the molecule is CC[C@H]1[C@@H](O)C2[C@H](CC[C@]3(C)[C@@H]([C@H](C)CCCOC(=O)Nc4ccc(C(C)(C)C)cc4)CC[C@@H]23)C2(C)CC[C@@H](OCOCCOC)C[C@@H]12. The molecule has 4 saturated carbocycles. The van der Waals surface area contributed by atoms with E-state index in [9.17, 15) is 9.90 Å². The second-order valence-electron chi connectivity index (χ2n) is 17.5. The predicted molar refractivity (Wildman–Crippen MR) is 192 cm³/mol. The van der Waals surface area contributed by atoms with E-state index in [1.165, 1.54) is 37.7 Å². The fourth-order valence-electron chi connectivity index (χ4n) is 11.4. The molecule has 1 amide bonds. The molecule has 0 bridgehead atoms. The number of anilines is 1. The summed E-state index contributed by atoms with van der Waals surface area (Å²) in [6, 6.07) is 8.03. The molecule has 5 rings (SSSR count). The van der Waals surface area contributed by atoms with Crippen LogP contribution in [0.5, 0.6) is 0 Å². The van der Waals surface area contributed by atoms with Gasteiger partial charge in [0, 0.05) is 12.8 Å². The summed E-state index contributed by atoms with van der Waals surface area (Å²) < 4.78 is 22.5. The molecule has 272 valence electrons. The number of ether oxygens (including phenoxy) is 4. The first-order valence-corrected chi connectivity index (χ1v) is 19.2. The van der Waals surface area contributed by atoms with Crippen molar-refractivity contribution in [3.05, 3.63) is 29.8 Å². The zero-order valence-electron chi connectivity index (χ0n) is 31.4. The zero-order valence-corrected chi connectivity index (χ0v) is 31.4. The van der Waals surface area contributed by atoms with Crippen LogP contribution >= 0.6 is 0 Å². The maximum atomic E-state index is 12.5. The van der Waals surface area contributed by atoms with Crippen LogP contribution in [0.2, 0.25) is 0 Å². The van der Waals surface area contributed by atoms with Gasteiger partial charge in [0.1, 0.15) is 6.79 Å². The van der Waals surface area contributed by atoms with E-state index in [1.807, 2.05) is 12.1 Å². The maximum absolute atomic E-state index is 12.5. The minimum atomic E-state index is -0.378. The van der Waals surface area contributed by atoms with E-state index in [-0.39, 0.29) is 34.5 Å². The van der Waals surface area contributed by atoms with Crippen LogP contribution in [-0.4, -0.2) is 57.1 Å². The Morgan fingerprint density at radius 1 is 0.979 bits per heavy atom. The lowest BCUT2D eigenvalue weighted by Crippen LogP contribution is -2.62. The molecule has 4 aliphatic rings. The topological polar surface area (TPSA) is 86.3 Å². The predicted octanol–water partition coefficient (Wildman–Crippen LogP) is 9.22. The second-order valence-corrected chi connectivity index (χ2v) is 17.5. The van der Waals surface area contributed by atoms with E-state index in [1.54, 1.807) is 7.11 Å². The molecule has 0 saturated heterocycles. The number of benzene rings is 1. The van der Waals surface area contributed by atoms with Crippen LogP contribution in [0.3, 0.4) is 0 Å². The normalized spacial score (nSPS) is 36.9. The minimum Gasteiger partial charge on any atom is -0.449 e. The fourth-order valence-corrected chi connectivity index (χ4v) is 11.4. The molecule has 1 aromatic carbocycles. The van der Waals surface area contributed by atoms with Crippen LogP contribution < -0.4 is 5.32 Å². The number of carbonyl (C=O) groups is 1. The maximum Gasteiger partial charge on any atom is 0.411 e. The molecular weight excluding hydrogens is 602 g/mol. The Morgan fingerprint density at radius 3 is 2.38 bits per heavy atom. The van der Waals surface area contributed by atoms with Crippen LogP contribution in [0.15, 0.2) is 24.3 Å². The van der Waals surface area contributed by atoms with Crippen molar-refractivity contribution in [1.82, 2.24) is 0 Å². The summed E-state index contributed by atoms with van der Waals surface area (Å²) in [5.74, 6) is 3.61. The lowest BCUT2D eigenvalue weighted by atomic mass is 9.41. The second kappa shape index (κ2) is 15.7. The van der Waals surface area contributed by atoms with Crippen molar-refractivity contribution in [3.8, 4) is 0 Å². The summed E-state index contributed by atoms with van der Waals surface area (Å²) in [5, 5.41) is 15.1. The molecule has 11 atom stereocenters. The lowest BCUT2D eigenvalue weighted by Gasteiger charge is -2.65. The summed E-state index contributed by atoms with van der Waals surface area (Å²) in [4.78, 5) is 12.5. The first-order valence-electron chi connectivity index (χ1n) is 19.2. The third-order valence-electron chi connectivity index (χ3n) is 14.0. The molecule has 7 heteroatoms. The highest BCUT2D eigenvalue weighted by Gasteiger charge is 2.65.